The number of aromatic amines is 3. The van der Waals surface area contributed by atoms with Gasteiger partial charge in [0.05, 0.1) is 12.4 Å². The highest BCUT2D eigenvalue weighted by Crippen LogP contribution is 2.20. The van der Waals surface area contributed by atoms with E-state index in [1.807, 2.05) is 48.5 Å². The molecule has 48 heavy (non-hydrogen) atoms. The number of amides is 4. The van der Waals surface area contributed by atoms with Gasteiger partial charge in [0, 0.05) is 65.4 Å². The van der Waals surface area contributed by atoms with Crippen LogP contribution in [0, 0.1) is 0 Å². The fourth-order valence-corrected chi connectivity index (χ4v) is 5.55. The summed E-state index contributed by atoms with van der Waals surface area (Å²) in [5, 5.41) is 19.4. The molecule has 3 heterocycles. The zero-order valence-electron chi connectivity index (χ0n) is 25.9. The number of carboxylic acids is 1. The van der Waals surface area contributed by atoms with Crippen LogP contribution in [0.5, 0.6) is 0 Å². The standard InChI is InChI=1S/C33H37N9O6/c34-23(11-18-14-37-24-7-3-1-5-21(18)24)30(44)41-27(13-20-16-36-17-39-20)32(46)40-26(9-10-29(35)43)31(45)42-28(33(47)48)12-19-15-38-25-8-4-2-6-22(19)25/h1-8,14-17,23,26-28,37-38H,9-13,34H2,(H2,35,43)(H,36,39)(H,40,46)(H,41,44)(H,42,45)(H,47,48). The predicted octanol–water partition coefficient (Wildman–Crippen LogP) is 0.532. The molecule has 11 N–H and O–H groups in total. The lowest BCUT2D eigenvalue weighted by atomic mass is 10.0. The lowest BCUT2D eigenvalue weighted by Crippen LogP contribution is -2.58. The molecule has 0 aliphatic rings. The average Bonchev–Trinajstić information content (AvgIpc) is 3.83. The van der Waals surface area contributed by atoms with Crippen LogP contribution in [0.1, 0.15) is 29.7 Å². The number of aromatic nitrogens is 4. The maximum Gasteiger partial charge on any atom is 0.326 e. The fraction of sp³-hybridized carbons (Fsp3) is 0.273. The smallest absolute Gasteiger partial charge is 0.326 e. The van der Waals surface area contributed by atoms with E-state index in [9.17, 15) is 29.1 Å². The first-order chi connectivity index (χ1) is 23.1. The monoisotopic (exact) mass is 655 g/mol. The molecule has 0 saturated carbocycles. The molecule has 4 unspecified atom stereocenters. The molecule has 250 valence electrons. The number of hydrogen-bond acceptors (Lipinski definition) is 7. The van der Waals surface area contributed by atoms with Gasteiger partial charge in [-0.05, 0) is 36.1 Å². The second kappa shape index (κ2) is 15.1. The SMILES string of the molecule is NC(=O)CCC(NC(=O)C(Cc1cnc[nH]1)NC(=O)C(N)Cc1c[nH]c2ccccc12)C(=O)NC(Cc1c[nH]c2ccccc12)C(=O)O. The van der Waals surface area contributed by atoms with Crippen molar-refractivity contribution in [1.29, 1.82) is 0 Å². The van der Waals surface area contributed by atoms with E-state index in [1.54, 1.807) is 12.4 Å². The number of rotatable bonds is 16. The minimum absolute atomic E-state index is 0.0279. The molecule has 5 aromatic rings. The largest absolute Gasteiger partial charge is 0.480 e. The highest BCUT2D eigenvalue weighted by Gasteiger charge is 2.31. The summed E-state index contributed by atoms with van der Waals surface area (Å²) in [4.78, 5) is 77.4. The van der Waals surface area contributed by atoms with Gasteiger partial charge in [-0.15, -0.1) is 0 Å². The van der Waals surface area contributed by atoms with Gasteiger partial charge in [-0.3, -0.25) is 19.2 Å². The van der Waals surface area contributed by atoms with Gasteiger partial charge < -0.3 is 47.5 Å². The number of fused-ring (bicyclic) bond motifs is 2. The number of para-hydroxylation sites is 2. The van der Waals surface area contributed by atoms with Gasteiger partial charge in [-0.2, -0.15) is 0 Å². The minimum Gasteiger partial charge on any atom is -0.480 e. The third-order valence-corrected chi connectivity index (χ3v) is 8.09. The van der Waals surface area contributed by atoms with E-state index in [2.05, 4.69) is 35.9 Å². The van der Waals surface area contributed by atoms with E-state index in [1.165, 1.54) is 12.5 Å². The molecule has 4 atom stereocenters. The Kier molecular flexibility index (Phi) is 10.5. The number of carboxylic acid groups (broad SMARTS) is 1. The van der Waals surface area contributed by atoms with Crippen LogP contribution in [-0.4, -0.2) is 78.8 Å². The Morgan fingerprint density at radius 1 is 0.729 bits per heavy atom. The number of nitrogens with two attached hydrogens (primary N) is 2. The predicted molar refractivity (Wildman–Crippen MR) is 176 cm³/mol. The Morgan fingerprint density at radius 3 is 1.88 bits per heavy atom. The topological polar surface area (TPSA) is 254 Å². The van der Waals surface area contributed by atoms with Gasteiger partial charge in [0.15, 0.2) is 0 Å². The number of carbonyl (C=O) groups is 5. The van der Waals surface area contributed by atoms with Crippen LogP contribution < -0.4 is 27.4 Å². The molecule has 2 aromatic carbocycles. The first-order valence-corrected chi connectivity index (χ1v) is 15.3. The van der Waals surface area contributed by atoms with Crippen molar-refractivity contribution in [1.82, 2.24) is 35.9 Å². The second-order valence-corrected chi connectivity index (χ2v) is 11.5. The molecule has 0 aliphatic carbocycles. The number of hydrogen-bond donors (Lipinski definition) is 9. The maximum atomic E-state index is 13.7. The van der Waals surface area contributed by atoms with Crippen LogP contribution in [0.15, 0.2) is 73.4 Å². The lowest BCUT2D eigenvalue weighted by Gasteiger charge is -2.25. The first kappa shape index (κ1) is 33.4. The minimum atomic E-state index is -1.35. The second-order valence-electron chi connectivity index (χ2n) is 11.5. The highest BCUT2D eigenvalue weighted by molar-refractivity contribution is 5.95. The van der Waals surface area contributed by atoms with Crippen LogP contribution in [-0.2, 0) is 43.2 Å². The van der Waals surface area contributed by atoms with Crippen molar-refractivity contribution in [2.45, 2.75) is 56.3 Å². The van der Waals surface area contributed by atoms with Crippen molar-refractivity contribution in [3.8, 4) is 0 Å². The summed E-state index contributed by atoms with van der Waals surface area (Å²) >= 11 is 0. The van der Waals surface area contributed by atoms with Crippen molar-refractivity contribution in [3.05, 3.63) is 90.3 Å². The maximum absolute atomic E-state index is 13.7. The van der Waals surface area contributed by atoms with Crippen molar-refractivity contribution in [2.75, 3.05) is 0 Å². The van der Waals surface area contributed by atoms with Crippen molar-refractivity contribution >= 4 is 51.4 Å². The zero-order valence-corrected chi connectivity index (χ0v) is 25.9. The van der Waals surface area contributed by atoms with Gasteiger partial charge in [-0.25, -0.2) is 9.78 Å². The van der Waals surface area contributed by atoms with Gasteiger partial charge in [0.25, 0.3) is 0 Å². The Hall–Kier alpha value is -5.96. The van der Waals surface area contributed by atoms with E-state index in [0.29, 0.717) is 11.3 Å². The molecule has 0 aliphatic heterocycles. The van der Waals surface area contributed by atoms with E-state index in [-0.39, 0.29) is 32.1 Å². The van der Waals surface area contributed by atoms with Gasteiger partial charge in [0.2, 0.25) is 23.6 Å². The normalized spacial score (nSPS) is 13.8. The molecular weight excluding hydrogens is 618 g/mol. The number of H-pyrrole nitrogens is 3. The molecule has 0 fully saturated rings. The van der Waals surface area contributed by atoms with Crippen molar-refractivity contribution < 1.29 is 29.1 Å². The molecule has 0 spiro atoms. The lowest BCUT2D eigenvalue weighted by molar-refractivity contribution is -0.142. The van der Waals surface area contributed by atoms with Gasteiger partial charge >= 0.3 is 5.97 Å². The van der Waals surface area contributed by atoms with E-state index in [0.717, 1.165) is 27.4 Å². The molecule has 5 rings (SSSR count). The number of imidazole rings is 1. The quantitative estimate of drug-likeness (QED) is 0.0723. The zero-order chi connectivity index (χ0) is 34.2. The molecular formula is C33H37N9O6. The molecule has 0 saturated heterocycles. The Labute approximate surface area is 274 Å². The van der Waals surface area contributed by atoms with Crippen LogP contribution in [0.2, 0.25) is 0 Å². The first-order valence-electron chi connectivity index (χ1n) is 15.3. The van der Waals surface area contributed by atoms with E-state index in [4.69, 9.17) is 11.5 Å². The Bertz CT molecular complexity index is 1910. The summed E-state index contributed by atoms with van der Waals surface area (Å²) in [6.45, 7) is 0. The summed E-state index contributed by atoms with van der Waals surface area (Å²) in [7, 11) is 0. The number of carbonyl (C=O) groups excluding carboxylic acids is 4. The number of primary amides is 1. The molecule has 15 nitrogen and oxygen atoms in total. The Balaban J connectivity index is 1.30. The molecule has 4 amide bonds. The molecule has 3 aromatic heterocycles. The summed E-state index contributed by atoms with van der Waals surface area (Å²) in [5.41, 5.74) is 15.3. The van der Waals surface area contributed by atoms with Crippen molar-refractivity contribution in [2.24, 2.45) is 11.5 Å². The number of nitrogens with one attached hydrogen (secondary N) is 6. The fourth-order valence-electron chi connectivity index (χ4n) is 5.55. The van der Waals surface area contributed by atoms with E-state index >= 15 is 0 Å². The summed E-state index contributed by atoms with van der Waals surface area (Å²) in [5.74, 6) is -4.21. The third kappa shape index (κ3) is 8.24. The van der Waals surface area contributed by atoms with Gasteiger partial charge in [-0.1, -0.05) is 36.4 Å². The number of nitrogens with zero attached hydrogens (tertiary/aromatic N) is 1. The number of benzene rings is 2. The molecule has 0 bridgehead atoms. The summed E-state index contributed by atoms with van der Waals surface area (Å²) < 4.78 is 0. The number of aliphatic carboxylic acids is 1. The van der Waals surface area contributed by atoms with Crippen LogP contribution in [0.4, 0.5) is 0 Å². The van der Waals surface area contributed by atoms with E-state index < -0.39 is 53.8 Å². The molecule has 15 heteroatoms. The van der Waals surface area contributed by atoms with Crippen LogP contribution in [0.3, 0.4) is 0 Å². The summed E-state index contributed by atoms with van der Waals surface area (Å²) in [6, 6.07) is 9.97. The third-order valence-electron chi connectivity index (χ3n) is 8.09. The summed E-state index contributed by atoms with van der Waals surface area (Å²) in [6.07, 6.45) is 5.97. The van der Waals surface area contributed by atoms with Crippen molar-refractivity contribution in [3.63, 3.8) is 0 Å². The average molecular weight is 656 g/mol. The van der Waals surface area contributed by atoms with Crippen LogP contribution >= 0.6 is 0 Å². The highest BCUT2D eigenvalue weighted by atomic mass is 16.4. The Morgan fingerprint density at radius 2 is 1.29 bits per heavy atom. The molecule has 0 radical (unpaired) electrons. The van der Waals surface area contributed by atoms with Crippen LogP contribution in [0.25, 0.3) is 21.8 Å². The van der Waals surface area contributed by atoms with Gasteiger partial charge in [0.1, 0.15) is 18.1 Å².